The van der Waals surface area contributed by atoms with Gasteiger partial charge in [0.25, 0.3) is 11.8 Å². The smallest absolute Gasteiger partial charge is 0.355 e. The van der Waals surface area contributed by atoms with Crippen molar-refractivity contribution in [3.63, 3.8) is 0 Å². The van der Waals surface area contributed by atoms with Crippen molar-refractivity contribution in [2.24, 2.45) is 0 Å². The van der Waals surface area contributed by atoms with E-state index >= 15 is 0 Å². The van der Waals surface area contributed by atoms with Crippen LogP contribution in [0.1, 0.15) is 42.5 Å². The van der Waals surface area contributed by atoms with Crippen LogP contribution in [0.4, 0.5) is 11.4 Å². The second-order valence-electron chi connectivity index (χ2n) is 7.50. The maximum absolute atomic E-state index is 12.4. The third kappa shape index (κ3) is 6.05. The van der Waals surface area contributed by atoms with Crippen molar-refractivity contribution in [2.45, 2.75) is 13.8 Å². The SMILES string of the molecule is COC(=O)c1c(C)[nH]c(C(=O)OCC(=O)Nc2ccc(C(=O)Nc3ccc(OC)cc3)cc2)c1C. The van der Waals surface area contributed by atoms with Crippen molar-refractivity contribution < 1.29 is 33.4 Å². The molecule has 0 aliphatic heterocycles. The lowest BCUT2D eigenvalue weighted by Gasteiger charge is -2.09. The highest BCUT2D eigenvalue weighted by Crippen LogP contribution is 2.20. The average molecular weight is 479 g/mol. The third-order valence-electron chi connectivity index (χ3n) is 5.14. The standard InChI is InChI=1S/C25H25N3O7/c1-14-21(24(31)34-4)15(2)26-22(14)25(32)35-13-20(29)27-17-7-5-16(6-8-17)23(30)28-18-9-11-19(33-3)12-10-18/h5-12,26H,13H2,1-4H3,(H,27,29)(H,28,30). The van der Waals surface area contributed by atoms with Crippen LogP contribution in [-0.2, 0) is 14.3 Å². The van der Waals surface area contributed by atoms with Crippen molar-refractivity contribution in [2.75, 3.05) is 31.5 Å². The normalized spacial score (nSPS) is 10.3. The van der Waals surface area contributed by atoms with E-state index in [0.29, 0.717) is 33.9 Å². The first-order chi connectivity index (χ1) is 16.7. The number of ether oxygens (including phenoxy) is 3. The van der Waals surface area contributed by atoms with Gasteiger partial charge in [0.15, 0.2) is 6.61 Å². The summed E-state index contributed by atoms with van der Waals surface area (Å²) >= 11 is 0. The van der Waals surface area contributed by atoms with Gasteiger partial charge in [-0.05, 0) is 67.9 Å². The number of aromatic nitrogens is 1. The number of methoxy groups -OCH3 is 2. The number of benzene rings is 2. The molecule has 0 spiro atoms. The van der Waals surface area contributed by atoms with E-state index in [4.69, 9.17) is 14.2 Å². The van der Waals surface area contributed by atoms with Crippen LogP contribution in [0.25, 0.3) is 0 Å². The molecule has 2 aromatic carbocycles. The number of aromatic amines is 1. The summed E-state index contributed by atoms with van der Waals surface area (Å²) in [6, 6.07) is 13.1. The number of hydrogen-bond donors (Lipinski definition) is 3. The minimum atomic E-state index is -0.776. The van der Waals surface area contributed by atoms with Crippen LogP contribution in [0.15, 0.2) is 48.5 Å². The zero-order valence-electron chi connectivity index (χ0n) is 19.7. The molecule has 182 valence electrons. The van der Waals surface area contributed by atoms with Crippen molar-refractivity contribution in [1.82, 2.24) is 4.98 Å². The van der Waals surface area contributed by atoms with Crippen LogP contribution in [0.3, 0.4) is 0 Å². The highest BCUT2D eigenvalue weighted by atomic mass is 16.5. The van der Waals surface area contributed by atoms with Gasteiger partial charge in [-0.25, -0.2) is 9.59 Å². The van der Waals surface area contributed by atoms with E-state index in [1.54, 1.807) is 69.5 Å². The average Bonchev–Trinajstić information content (AvgIpc) is 3.16. The number of nitrogens with one attached hydrogen (secondary N) is 3. The van der Waals surface area contributed by atoms with Crippen LogP contribution < -0.4 is 15.4 Å². The summed E-state index contributed by atoms with van der Waals surface area (Å²) in [5.41, 5.74) is 2.59. The van der Waals surface area contributed by atoms with E-state index in [1.807, 2.05) is 0 Å². The molecule has 0 radical (unpaired) electrons. The van der Waals surface area contributed by atoms with Crippen molar-refractivity contribution in [3.8, 4) is 5.75 Å². The van der Waals surface area contributed by atoms with Gasteiger partial charge in [0.05, 0.1) is 19.8 Å². The monoisotopic (exact) mass is 479 g/mol. The molecule has 3 rings (SSSR count). The molecule has 35 heavy (non-hydrogen) atoms. The molecule has 0 saturated carbocycles. The molecule has 0 aliphatic rings. The fourth-order valence-corrected chi connectivity index (χ4v) is 3.35. The Labute approximate surface area is 201 Å². The van der Waals surface area contributed by atoms with Crippen LogP contribution in [0.2, 0.25) is 0 Å². The van der Waals surface area contributed by atoms with Crippen LogP contribution >= 0.6 is 0 Å². The Bertz CT molecular complexity index is 1250. The van der Waals surface area contributed by atoms with Crippen molar-refractivity contribution >= 4 is 35.1 Å². The summed E-state index contributed by atoms with van der Waals surface area (Å²) in [6.07, 6.45) is 0. The summed E-state index contributed by atoms with van der Waals surface area (Å²) in [4.78, 5) is 51.6. The highest BCUT2D eigenvalue weighted by Gasteiger charge is 2.23. The van der Waals surface area contributed by atoms with Gasteiger partial charge in [-0.15, -0.1) is 0 Å². The molecular weight excluding hydrogens is 454 g/mol. The number of H-pyrrole nitrogens is 1. The summed E-state index contributed by atoms with van der Waals surface area (Å²) in [6.45, 7) is 2.67. The Morgan fingerprint density at radius 1 is 0.829 bits per heavy atom. The van der Waals surface area contributed by atoms with E-state index in [9.17, 15) is 19.2 Å². The summed E-state index contributed by atoms with van der Waals surface area (Å²) in [5.74, 6) is -1.55. The minimum Gasteiger partial charge on any atom is -0.497 e. The maximum Gasteiger partial charge on any atom is 0.355 e. The van der Waals surface area contributed by atoms with E-state index < -0.39 is 24.5 Å². The quantitative estimate of drug-likeness (QED) is 0.421. The molecule has 1 aromatic heterocycles. The van der Waals surface area contributed by atoms with Crippen LogP contribution in [0, 0.1) is 13.8 Å². The number of hydrogen-bond acceptors (Lipinski definition) is 7. The molecule has 3 N–H and O–H groups in total. The molecule has 0 aliphatic carbocycles. The number of esters is 2. The fourth-order valence-electron chi connectivity index (χ4n) is 3.35. The molecule has 10 nitrogen and oxygen atoms in total. The van der Waals surface area contributed by atoms with Crippen molar-refractivity contribution in [1.29, 1.82) is 0 Å². The summed E-state index contributed by atoms with van der Waals surface area (Å²) in [7, 11) is 2.81. The zero-order valence-corrected chi connectivity index (χ0v) is 19.7. The lowest BCUT2D eigenvalue weighted by molar-refractivity contribution is -0.119. The molecule has 0 bridgehead atoms. The van der Waals surface area contributed by atoms with Gasteiger partial charge in [0.1, 0.15) is 11.4 Å². The second kappa shape index (κ2) is 11.0. The molecule has 0 fully saturated rings. The molecule has 2 amide bonds. The Balaban J connectivity index is 1.53. The number of rotatable bonds is 8. The summed E-state index contributed by atoms with van der Waals surface area (Å²) < 4.78 is 14.9. The number of carbonyl (C=O) groups excluding carboxylic acids is 4. The molecule has 3 aromatic rings. The number of anilines is 2. The van der Waals surface area contributed by atoms with E-state index in [2.05, 4.69) is 15.6 Å². The van der Waals surface area contributed by atoms with Gasteiger partial charge >= 0.3 is 11.9 Å². The molecule has 10 heteroatoms. The molecular formula is C25H25N3O7. The van der Waals surface area contributed by atoms with Crippen molar-refractivity contribution in [3.05, 3.63) is 76.6 Å². The van der Waals surface area contributed by atoms with Gasteiger partial charge in [-0.1, -0.05) is 0 Å². The van der Waals surface area contributed by atoms with Gasteiger partial charge in [-0.2, -0.15) is 0 Å². The molecule has 1 heterocycles. The van der Waals surface area contributed by atoms with Gasteiger partial charge in [0, 0.05) is 22.6 Å². The lowest BCUT2D eigenvalue weighted by Crippen LogP contribution is -2.21. The Morgan fingerprint density at radius 3 is 2.03 bits per heavy atom. The highest BCUT2D eigenvalue weighted by molar-refractivity contribution is 6.05. The van der Waals surface area contributed by atoms with E-state index in [1.165, 1.54) is 7.11 Å². The molecule has 0 atom stereocenters. The van der Waals surface area contributed by atoms with Gasteiger partial charge in [-0.3, -0.25) is 9.59 Å². The lowest BCUT2D eigenvalue weighted by atomic mass is 10.1. The Morgan fingerprint density at radius 2 is 1.43 bits per heavy atom. The Hall–Kier alpha value is -4.60. The first-order valence-electron chi connectivity index (χ1n) is 10.5. The third-order valence-corrected chi connectivity index (χ3v) is 5.14. The second-order valence-corrected chi connectivity index (χ2v) is 7.50. The van der Waals surface area contributed by atoms with Gasteiger partial charge in [0.2, 0.25) is 0 Å². The van der Waals surface area contributed by atoms with Crippen LogP contribution in [-0.4, -0.2) is 49.6 Å². The predicted molar refractivity (Wildman–Crippen MR) is 128 cm³/mol. The van der Waals surface area contributed by atoms with Gasteiger partial charge < -0.3 is 29.8 Å². The van der Waals surface area contributed by atoms with E-state index in [0.717, 1.165) is 0 Å². The molecule has 0 saturated heterocycles. The predicted octanol–water partition coefficient (Wildman–Crippen LogP) is 3.47. The van der Waals surface area contributed by atoms with Crippen LogP contribution in [0.5, 0.6) is 5.75 Å². The maximum atomic E-state index is 12.4. The topological polar surface area (TPSA) is 136 Å². The Kier molecular flexibility index (Phi) is 7.88. The number of amides is 2. The number of aryl methyl sites for hydroxylation is 1. The largest absolute Gasteiger partial charge is 0.497 e. The minimum absolute atomic E-state index is 0.0722. The molecule has 0 unspecified atom stereocenters. The summed E-state index contributed by atoms with van der Waals surface area (Å²) in [5, 5.41) is 5.36. The first-order valence-corrected chi connectivity index (χ1v) is 10.5. The first kappa shape index (κ1) is 25.0. The fraction of sp³-hybridized carbons (Fsp3) is 0.200. The number of carbonyl (C=O) groups is 4. The zero-order chi connectivity index (χ0) is 25.5. The van der Waals surface area contributed by atoms with E-state index in [-0.39, 0.29) is 17.2 Å².